The lowest BCUT2D eigenvalue weighted by molar-refractivity contribution is -0.138. The molecule has 1 aromatic rings. The molecule has 0 spiro atoms. The first-order chi connectivity index (χ1) is 11.1. The molecular weight excluding hydrogens is 326 g/mol. The highest BCUT2D eigenvalue weighted by atomic mass is 32.2. The van der Waals surface area contributed by atoms with Gasteiger partial charge < -0.3 is 9.64 Å². The van der Waals surface area contributed by atoms with Crippen LogP contribution in [-0.4, -0.2) is 49.9 Å². The van der Waals surface area contributed by atoms with E-state index in [1.165, 1.54) is 4.90 Å². The van der Waals surface area contributed by atoms with Crippen molar-refractivity contribution >= 4 is 15.7 Å². The summed E-state index contributed by atoms with van der Waals surface area (Å²) in [6.45, 7) is 7.88. The van der Waals surface area contributed by atoms with E-state index in [1.807, 2.05) is 19.1 Å². The van der Waals surface area contributed by atoms with Crippen LogP contribution in [0.25, 0.3) is 0 Å². The minimum atomic E-state index is -3.02. The van der Waals surface area contributed by atoms with Crippen molar-refractivity contribution in [1.29, 1.82) is 0 Å². The molecule has 1 aliphatic rings. The summed E-state index contributed by atoms with van der Waals surface area (Å²) in [5.74, 6) is 1.09. The monoisotopic (exact) mass is 353 g/mol. The highest BCUT2D eigenvalue weighted by molar-refractivity contribution is 7.91. The molecule has 24 heavy (non-hydrogen) atoms. The number of likely N-dealkylation sites (N-methyl/N-ethyl adjacent to an activating group) is 1. The second-order valence-electron chi connectivity index (χ2n) is 6.95. The van der Waals surface area contributed by atoms with Crippen LogP contribution in [0.3, 0.4) is 0 Å². The third-order valence-corrected chi connectivity index (χ3v) is 6.38. The lowest BCUT2D eigenvalue weighted by Crippen LogP contribution is -2.44. The lowest BCUT2D eigenvalue weighted by atomic mass is 10.0. The molecule has 1 fully saturated rings. The molecule has 1 saturated heterocycles. The minimum Gasteiger partial charge on any atom is -0.481 e. The van der Waals surface area contributed by atoms with Crippen LogP contribution in [0.2, 0.25) is 0 Å². The van der Waals surface area contributed by atoms with Crippen LogP contribution in [0, 0.1) is 6.92 Å². The predicted octanol–water partition coefficient (Wildman–Crippen LogP) is 2.53. The van der Waals surface area contributed by atoms with Gasteiger partial charge in [0.1, 0.15) is 5.75 Å². The Morgan fingerprint density at radius 1 is 1.29 bits per heavy atom. The molecule has 2 rings (SSSR count). The normalized spacial score (nSPS) is 20.8. The molecule has 0 N–H and O–H groups in total. The van der Waals surface area contributed by atoms with Crippen molar-refractivity contribution in [2.75, 3.05) is 18.6 Å². The lowest BCUT2D eigenvalue weighted by Gasteiger charge is -2.27. The van der Waals surface area contributed by atoms with Crippen molar-refractivity contribution < 1.29 is 17.9 Å². The van der Waals surface area contributed by atoms with Crippen LogP contribution in [0.15, 0.2) is 18.2 Å². The maximum absolute atomic E-state index is 12.6. The average molecular weight is 353 g/mol. The average Bonchev–Trinajstić information content (AvgIpc) is 2.87. The molecule has 1 amide bonds. The van der Waals surface area contributed by atoms with Crippen molar-refractivity contribution in [3.05, 3.63) is 29.3 Å². The van der Waals surface area contributed by atoms with Gasteiger partial charge in [-0.25, -0.2) is 8.42 Å². The molecule has 0 aliphatic carbocycles. The van der Waals surface area contributed by atoms with E-state index in [0.717, 1.165) is 11.1 Å². The first-order valence-electron chi connectivity index (χ1n) is 8.35. The first kappa shape index (κ1) is 18.8. The number of ether oxygens (including phenoxy) is 1. The van der Waals surface area contributed by atoms with Crippen LogP contribution in [0.1, 0.15) is 44.2 Å². The number of nitrogens with zero attached hydrogens (tertiary/aromatic N) is 1. The molecule has 0 aromatic heterocycles. The van der Waals surface area contributed by atoms with Crippen molar-refractivity contribution in [3.63, 3.8) is 0 Å². The Kier molecular flexibility index (Phi) is 5.58. The van der Waals surface area contributed by atoms with Crippen LogP contribution < -0.4 is 4.74 Å². The van der Waals surface area contributed by atoms with Gasteiger partial charge in [0, 0.05) is 13.1 Å². The van der Waals surface area contributed by atoms with Crippen molar-refractivity contribution in [2.45, 2.75) is 52.2 Å². The summed E-state index contributed by atoms with van der Waals surface area (Å²) in [6.07, 6.45) is -0.154. The summed E-state index contributed by atoms with van der Waals surface area (Å²) in [5.41, 5.74) is 2.13. The molecule has 2 atom stereocenters. The van der Waals surface area contributed by atoms with Crippen molar-refractivity contribution in [2.24, 2.45) is 0 Å². The smallest absolute Gasteiger partial charge is 0.263 e. The van der Waals surface area contributed by atoms with E-state index in [4.69, 9.17) is 4.74 Å². The van der Waals surface area contributed by atoms with E-state index in [9.17, 15) is 13.2 Å². The molecule has 134 valence electrons. The molecule has 2 unspecified atom stereocenters. The summed E-state index contributed by atoms with van der Waals surface area (Å²) in [5, 5.41) is 0. The molecule has 6 heteroatoms. The van der Waals surface area contributed by atoms with E-state index in [1.54, 1.807) is 14.0 Å². The second kappa shape index (κ2) is 7.13. The van der Waals surface area contributed by atoms with Gasteiger partial charge in [-0.3, -0.25) is 4.79 Å². The summed E-state index contributed by atoms with van der Waals surface area (Å²) in [6, 6.07) is 5.78. The number of aryl methyl sites for hydroxylation is 1. The Hall–Kier alpha value is -1.56. The standard InChI is InChI=1S/C18H27NO4S/c1-12(2)15-7-6-13(3)17(10-15)23-14(4)18(20)19(5)16-8-9-24(21,22)11-16/h6-7,10,12,14,16H,8-9,11H2,1-5H3. The highest BCUT2D eigenvalue weighted by Gasteiger charge is 2.34. The molecule has 5 nitrogen and oxygen atoms in total. The molecule has 1 heterocycles. The maximum atomic E-state index is 12.6. The zero-order valence-electron chi connectivity index (χ0n) is 15.1. The summed E-state index contributed by atoms with van der Waals surface area (Å²) < 4.78 is 29.1. The number of sulfone groups is 1. The molecule has 0 bridgehead atoms. The van der Waals surface area contributed by atoms with Gasteiger partial charge in [-0.2, -0.15) is 0 Å². The van der Waals surface area contributed by atoms with Gasteiger partial charge in [0.25, 0.3) is 5.91 Å². The van der Waals surface area contributed by atoms with Gasteiger partial charge in [0.2, 0.25) is 0 Å². The fraction of sp³-hybridized carbons (Fsp3) is 0.611. The van der Waals surface area contributed by atoms with E-state index in [-0.39, 0.29) is 23.5 Å². The third kappa shape index (κ3) is 4.29. The van der Waals surface area contributed by atoms with Crippen LogP contribution in [0.5, 0.6) is 5.75 Å². The summed E-state index contributed by atoms with van der Waals surface area (Å²) in [4.78, 5) is 14.1. The van der Waals surface area contributed by atoms with E-state index < -0.39 is 15.9 Å². The SMILES string of the molecule is Cc1ccc(C(C)C)cc1OC(C)C(=O)N(C)C1CCS(=O)(=O)C1. The van der Waals surface area contributed by atoms with Crippen LogP contribution in [-0.2, 0) is 14.6 Å². The molecule has 0 saturated carbocycles. The molecule has 0 radical (unpaired) electrons. The number of benzene rings is 1. The number of rotatable bonds is 5. The van der Waals surface area contributed by atoms with E-state index in [0.29, 0.717) is 18.1 Å². The number of carbonyl (C=O) groups is 1. The van der Waals surface area contributed by atoms with E-state index in [2.05, 4.69) is 19.9 Å². The van der Waals surface area contributed by atoms with Crippen LogP contribution in [0.4, 0.5) is 0 Å². The largest absolute Gasteiger partial charge is 0.481 e. The molecule has 1 aliphatic heterocycles. The zero-order chi connectivity index (χ0) is 18.1. The summed E-state index contributed by atoms with van der Waals surface area (Å²) >= 11 is 0. The first-order valence-corrected chi connectivity index (χ1v) is 10.2. The fourth-order valence-electron chi connectivity index (χ4n) is 2.89. The third-order valence-electron chi connectivity index (χ3n) is 4.63. The van der Waals surface area contributed by atoms with Crippen LogP contribution >= 0.6 is 0 Å². The van der Waals surface area contributed by atoms with Crippen molar-refractivity contribution in [1.82, 2.24) is 4.90 Å². The topological polar surface area (TPSA) is 63.7 Å². The maximum Gasteiger partial charge on any atom is 0.263 e. The van der Waals surface area contributed by atoms with Gasteiger partial charge in [-0.15, -0.1) is 0 Å². The molecule has 1 aromatic carbocycles. The summed E-state index contributed by atoms with van der Waals surface area (Å²) in [7, 11) is -1.36. The van der Waals surface area contributed by atoms with Crippen molar-refractivity contribution in [3.8, 4) is 5.75 Å². The predicted molar refractivity (Wildman–Crippen MR) is 95.2 cm³/mol. The quantitative estimate of drug-likeness (QED) is 0.816. The Balaban J connectivity index is 2.08. The van der Waals surface area contributed by atoms with Gasteiger partial charge in [0.05, 0.1) is 11.5 Å². The van der Waals surface area contributed by atoms with Gasteiger partial charge in [-0.05, 0) is 43.4 Å². The van der Waals surface area contributed by atoms with E-state index >= 15 is 0 Å². The number of hydrogen-bond acceptors (Lipinski definition) is 4. The number of amides is 1. The Morgan fingerprint density at radius 2 is 1.96 bits per heavy atom. The Bertz CT molecular complexity index is 712. The molecular formula is C18H27NO4S. The highest BCUT2D eigenvalue weighted by Crippen LogP contribution is 2.26. The Labute approximate surface area is 144 Å². The minimum absolute atomic E-state index is 0.0455. The second-order valence-corrected chi connectivity index (χ2v) is 9.17. The van der Waals surface area contributed by atoms with Gasteiger partial charge in [0.15, 0.2) is 15.9 Å². The Morgan fingerprint density at radius 3 is 2.50 bits per heavy atom. The number of carbonyl (C=O) groups excluding carboxylic acids is 1. The number of hydrogen-bond donors (Lipinski definition) is 0. The van der Waals surface area contributed by atoms with Gasteiger partial charge >= 0.3 is 0 Å². The zero-order valence-corrected chi connectivity index (χ0v) is 15.9. The van der Waals surface area contributed by atoms with Gasteiger partial charge in [-0.1, -0.05) is 26.0 Å². The fourth-order valence-corrected chi connectivity index (χ4v) is 4.67.